The van der Waals surface area contributed by atoms with E-state index in [1.807, 2.05) is 18.2 Å². The number of allylic oxidation sites excluding steroid dienone is 1. The van der Waals surface area contributed by atoms with Gasteiger partial charge in [0, 0.05) is 6.92 Å². The molecule has 0 saturated carbocycles. The first-order valence-electron chi connectivity index (χ1n) is 5.43. The molecule has 1 aromatic carbocycles. The van der Waals surface area contributed by atoms with Crippen LogP contribution in [0.2, 0.25) is 0 Å². The van der Waals surface area contributed by atoms with Gasteiger partial charge in [0.15, 0.2) is 0 Å². The van der Waals surface area contributed by atoms with Crippen LogP contribution in [0.3, 0.4) is 0 Å². The number of hydrogen-bond acceptors (Lipinski definition) is 2. The first-order valence-corrected chi connectivity index (χ1v) is 5.43. The van der Waals surface area contributed by atoms with Crippen LogP contribution >= 0.6 is 0 Å². The van der Waals surface area contributed by atoms with Crippen molar-refractivity contribution >= 4 is 11.5 Å². The van der Waals surface area contributed by atoms with Crippen LogP contribution in [-0.4, -0.2) is 22.7 Å². The highest BCUT2D eigenvalue weighted by Crippen LogP contribution is 2.31. The lowest BCUT2D eigenvalue weighted by Crippen LogP contribution is -2.24. The molecule has 0 aromatic heterocycles. The Morgan fingerprint density at radius 1 is 1.44 bits per heavy atom. The van der Waals surface area contributed by atoms with Crippen LogP contribution in [-0.2, 0) is 11.2 Å². The van der Waals surface area contributed by atoms with E-state index < -0.39 is 0 Å². The molecule has 0 unspecified atom stereocenters. The summed E-state index contributed by atoms with van der Waals surface area (Å²) in [6.45, 7) is 1.61. The van der Waals surface area contributed by atoms with Gasteiger partial charge >= 0.3 is 0 Å². The van der Waals surface area contributed by atoms with Gasteiger partial charge in [0.2, 0.25) is 5.91 Å². The van der Waals surface area contributed by atoms with Crippen molar-refractivity contribution in [3.05, 3.63) is 41.5 Å². The van der Waals surface area contributed by atoms with E-state index >= 15 is 0 Å². The van der Waals surface area contributed by atoms with Gasteiger partial charge < -0.3 is 0 Å². The lowest BCUT2D eigenvalue weighted by molar-refractivity contribution is -0.160. The predicted molar refractivity (Wildman–Crippen MR) is 61.9 cm³/mol. The Bertz CT molecular complexity index is 437. The van der Waals surface area contributed by atoms with E-state index in [1.54, 1.807) is 0 Å². The topological polar surface area (TPSA) is 40.5 Å². The SMILES string of the molecule is CC(=O)N(O)CC=C1CCc2ccccc21. The third kappa shape index (κ3) is 2.14. The Hall–Kier alpha value is -1.61. The highest BCUT2D eigenvalue weighted by atomic mass is 16.5. The average Bonchev–Trinajstić information content (AvgIpc) is 2.69. The number of nitrogens with zero attached hydrogens (tertiary/aromatic N) is 1. The summed E-state index contributed by atoms with van der Waals surface area (Å²) in [4.78, 5) is 10.8. The fraction of sp³-hybridized carbons (Fsp3) is 0.308. The van der Waals surface area contributed by atoms with Gasteiger partial charge in [-0.2, -0.15) is 0 Å². The molecule has 0 saturated heterocycles. The van der Waals surface area contributed by atoms with Gasteiger partial charge in [-0.3, -0.25) is 10.0 Å². The Labute approximate surface area is 95.0 Å². The molecule has 84 valence electrons. The van der Waals surface area contributed by atoms with E-state index in [-0.39, 0.29) is 12.5 Å². The first-order chi connectivity index (χ1) is 7.68. The third-order valence-corrected chi connectivity index (χ3v) is 2.90. The number of carbonyl (C=O) groups is 1. The molecule has 0 atom stereocenters. The minimum atomic E-state index is -0.330. The molecule has 1 aromatic rings. The van der Waals surface area contributed by atoms with Gasteiger partial charge in [-0.05, 0) is 29.5 Å². The van der Waals surface area contributed by atoms with Crippen LogP contribution < -0.4 is 0 Å². The zero-order chi connectivity index (χ0) is 11.5. The molecular weight excluding hydrogens is 202 g/mol. The van der Waals surface area contributed by atoms with Crippen molar-refractivity contribution in [3.8, 4) is 0 Å². The van der Waals surface area contributed by atoms with Crippen LogP contribution in [0.15, 0.2) is 30.3 Å². The van der Waals surface area contributed by atoms with E-state index in [0.717, 1.165) is 17.9 Å². The van der Waals surface area contributed by atoms with Crippen LogP contribution in [0.1, 0.15) is 24.5 Å². The molecule has 3 nitrogen and oxygen atoms in total. The van der Waals surface area contributed by atoms with E-state index in [2.05, 4.69) is 12.1 Å². The van der Waals surface area contributed by atoms with Gasteiger partial charge in [0.1, 0.15) is 0 Å². The standard InChI is InChI=1S/C13H15NO2/c1-10(15)14(16)9-8-12-7-6-11-4-2-3-5-13(11)12/h2-5,8,16H,6-7,9H2,1H3. The second kappa shape index (κ2) is 4.49. The normalized spacial score (nSPS) is 16.2. The number of hydrogen-bond donors (Lipinski definition) is 1. The van der Waals surface area contributed by atoms with Gasteiger partial charge in [-0.15, -0.1) is 0 Å². The predicted octanol–water partition coefficient (Wildman–Crippen LogP) is 2.25. The molecule has 0 radical (unpaired) electrons. The second-order valence-electron chi connectivity index (χ2n) is 3.99. The summed E-state index contributed by atoms with van der Waals surface area (Å²) in [5.74, 6) is -0.330. The van der Waals surface area contributed by atoms with E-state index in [1.165, 1.54) is 23.6 Å². The lowest BCUT2D eigenvalue weighted by atomic mass is 10.1. The number of aryl methyl sites for hydroxylation is 1. The minimum absolute atomic E-state index is 0.263. The van der Waals surface area contributed by atoms with Crippen molar-refractivity contribution in [2.45, 2.75) is 19.8 Å². The molecule has 0 heterocycles. The quantitative estimate of drug-likeness (QED) is 0.609. The van der Waals surface area contributed by atoms with Gasteiger partial charge in [-0.1, -0.05) is 30.3 Å². The van der Waals surface area contributed by atoms with Crippen molar-refractivity contribution in [1.29, 1.82) is 0 Å². The summed E-state index contributed by atoms with van der Waals surface area (Å²) in [6, 6.07) is 8.26. The molecule has 0 aliphatic heterocycles. The van der Waals surface area contributed by atoms with Crippen LogP contribution in [0, 0.1) is 0 Å². The molecule has 0 bridgehead atoms. The van der Waals surface area contributed by atoms with Crippen molar-refractivity contribution < 1.29 is 10.0 Å². The van der Waals surface area contributed by atoms with Gasteiger partial charge in [0.05, 0.1) is 6.54 Å². The summed E-state index contributed by atoms with van der Waals surface area (Å²) < 4.78 is 0. The second-order valence-corrected chi connectivity index (χ2v) is 3.99. The number of hydroxylamine groups is 2. The van der Waals surface area contributed by atoms with E-state index in [0.29, 0.717) is 0 Å². The van der Waals surface area contributed by atoms with Crippen LogP contribution in [0.5, 0.6) is 0 Å². The summed E-state index contributed by atoms with van der Waals surface area (Å²) in [5.41, 5.74) is 3.82. The number of amides is 1. The Morgan fingerprint density at radius 3 is 2.94 bits per heavy atom. The van der Waals surface area contributed by atoms with Crippen LogP contribution in [0.25, 0.3) is 5.57 Å². The Kier molecular flexibility index (Phi) is 3.06. The Balaban J connectivity index is 2.13. The molecule has 1 aliphatic carbocycles. The zero-order valence-corrected chi connectivity index (χ0v) is 9.31. The Morgan fingerprint density at radius 2 is 2.19 bits per heavy atom. The average molecular weight is 217 g/mol. The number of rotatable bonds is 2. The number of fused-ring (bicyclic) bond motifs is 1. The van der Waals surface area contributed by atoms with E-state index in [9.17, 15) is 10.0 Å². The summed E-state index contributed by atoms with van der Waals surface area (Å²) in [7, 11) is 0. The number of benzene rings is 1. The fourth-order valence-electron chi connectivity index (χ4n) is 1.99. The smallest absolute Gasteiger partial charge is 0.243 e. The maximum atomic E-state index is 10.8. The molecule has 3 heteroatoms. The molecular formula is C13H15NO2. The molecule has 0 spiro atoms. The maximum absolute atomic E-state index is 10.8. The van der Waals surface area contributed by atoms with Crippen molar-refractivity contribution in [3.63, 3.8) is 0 Å². The molecule has 0 fully saturated rings. The summed E-state index contributed by atoms with van der Waals surface area (Å²) >= 11 is 0. The third-order valence-electron chi connectivity index (χ3n) is 2.90. The largest absolute Gasteiger partial charge is 0.286 e. The minimum Gasteiger partial charge on any atom is -0.286 e. The zero-order valence-electron chi connectivity index (χ0n) is 9.31. The van der Waals surface area contributed by atoms with Gasteiger partial charge in [0.25, 0.3) is 0 Å². The summed E-state index contributed by atoms with van der Waals surface area (Å²) in [6.07, 6.45) is 3.96. The first kappa shape index (κ1) is 10.9. The van der Waals surface area contributed by atoms with Gasteiger partial charge in [-0.25, -0.2) is 5.06 Å². The lowest BCUT2D eigenvalue weighted by Gasteiger charge is -2.10. The molecule has 16 heavy (non-hydrogen) atoms. The highest BCUT2D eigenvalue weighted by molar-refractivity contribution is 5.74. The molecule has 1 N–H and O–H groups in total. The molecule has 1 aliphatic rings. The van der Waals surface area contributed by atoms with Crippen molar-refractivity contribution in [2.75, 3.05) is 6.54 Å². The monoisotopic (exact) mass is 217 g/mol. The summed E-state index contributed by atoms with van der Waals surface area (Å²) in [5, 5.41) is 10.0. The van der Waals surface area contributed by atoms with E-state index in [4.69, 9.17) is 0 Å². The molecule has 1 amide bonds. The number of carbonyl (C=O) groups excluding carboxylic acids is 1. The molecule has 2 rings (SSSR count). The fourth-order valence-corrected chi connectivity index (χ4v) is 1.99. The van der Waals surface area contributed by atoms with Crippen molar-refractivity contribution in [1.82, 2.24) is 5.06 Å². The highest BCUT2D eigenvalue weighted by Gasteiger charge is 2.15. The maximum Gasteiger partial charge on any atom is 0.243 e. The van der Waals surface area contributed by atoms with Crippen molar-refractivity contribution in [2.24, 2.45) is 0 Å². The van der Waals surface area contributed by atoms with Crippen LogP contribution in [0.4, 0.5) is 0 Å².